The van der Waals surface area contributed by atoms with Gasteiger partial charge in [0, 0.05) is 16.2 Å². The minimum atomic E-state index is -2.39. The predicted octanol–water partition coefficient (Wildman–Crippen LogP) is 2.84. The summed E-state index contributed by atoms with van der Waals surface area (Å²) in [6.45, 7) is 9.10. The van der Waals surface area contributed by atoms with Crippen LogP contribution in [0.4, 0.5) is 5.82 Å². The van der Waals surface area contributed by atoms with Crippen molar-refractivity contribution in [1.82, 2.24) is 19.5 Å². The molecule has 0 bridgehead atoms. The molecule has 1 saturated heterocycles. The molecule has 13 nitrogen and oxygen atoms in total. The highest BCUT2D eigenvalue weighted by Gasteiger charge is 2.37. The summed E-state index contributed by atoms with van der Waals surface area (Å²) in [5.41, 5.74) is 11.8. The van der Waals surface area contributed by atoms with E-state index in [1.165, 1.54) is 6.33 Å². The molecular weight excluding hydrogens is 535 g/mol. The van der Waals surface area contributed by atoms with Crippen molar-refractivity contribution in [2.45, 2.75) is 59.4 Å². The molecule has 0 amide bonds. The second kappa shape index (κ2) is 13.2. The molecule has 210 valence electrons. The lowest BCUT2D eigenvalue weighted by atomic mass is 9.97. The van der Waals surface area contributed by atoms with E-state index in [9.17, 15) is 14.2 Å². The van der Waals surface area contributed by atoms with Crippen LogP contribution in [-0.4, -0.2) is 68.3 Å². The molecule has 1 fully saturated rings. The second-order valence-electron chi connectivity index (χ2n) is 10.2. The molecule has 38 heavy (non-hydrogen) atoms. The molecule has 4 N–H and O–H groups in total. The lowest BCUT2D eigenvalue weighted by Crippen LogP contribution is -2.39. The Kier molecular flexibility index (Phi) is 10.6. The van der Waals surface area contributed by atoms with Gasteiger partial charge in [-0.25, -0.2) is 15.0 Å². The molecule has 1 unspecified atom stereocenters. The zero-order chi connectivity index (χ0) is 28.0. The van der Waals surface area contributed by atoms with E-state index >= 15 is 0 Å². The van der Waals surface area contributed by atoms with Crippen molar-refractivity contribution in [3.05, 3.63) is 12.7 Å². The van der Waals surface area contributed by atoms with Gasteiger partial charge in [-0.05, 0) is 26.2 Å². The van der Waals surface area contributed by atoms with Gasteiger partial charge in [-0.3, -0.25) is 14.2 Å². The van der Waals surface area contributed by atoms with Crippen LogP contribution < -0.4 is 11.5 Å². The predicted molar refractivity (Wildman–Crippen MR) is 142 cm³/mol. The molecule has 3 rings (SSSR count). The van der Waals surface area contributed by atoms with E-state index in [-0.39, 0.29) is 54.9 Å². The van der Waals surface area contributed by atoms with Crippen LogP contribution in [0, 0.1) is 17.3 Å². The molecule has 3 heterocycles. The van der Waals surface area contributed by atoms with E-state index < -0.39 is 25.7 Å². The SMILES string of the molecule is CC(C)[C@H](N)C(=O)OCC(C)(C)C(=O)SCCO[P+](=O)OC[C@@H]1C[C@H](C)[C@H](n2cnc3c(N)ncnc32)O1. The highest BCUT2D eigenvalue weighted by molar-refractivity contribution is 8.13. The fourth-order valence-electron chi connectivity index (χ4n) is 3.72. The Labute approximate surface area is 226 Å². The van der Waals surface area contributed by atoms with Crippen molar-refractivity contribution in [1.29, 1.82) is 0 Å². The number of fused-ring (bicyclic) bond motifs is 1. The van der Waals surface area contributed by atoms with Gasteiger partial charge in [0.05, 0.1) is 17.8 Å². The van der Waals surface area contributed by atoms with Crippen molar-refractivity contribution < 1.29 is 32.7 Å². The highest BCUT2D eigenvalue weighted by Crippen LogP contribution is 2.37. The number of hydrogen-bond acceptors (Lipinski definition) is 13. The summed E-state index contributed by atoms with van der Waals surface area (Å²) in [4.78, 5) is 37.0. The van der Waals surface area contributed by atoms with Crippen LogP contribution in [0.3, 0.4) is 0 Å². The zero-order valence-electron chi connectivity index (χ0n) is 22.2. The fourth-order valence-corrected chi connectivity index (χ4v) is 5.25. The molecule has 2 aromatic rings. The van der Waals surface area contributed by atoms with Gasteiger partial charge >= 0.3 is 14.2 Å². The second-order valence-corrected chi connectivity index (χ2v) is 12.2. The van der Waals surface area contributed by atoms with Crippen LogP contribution in [0.15, 0.2) is 12.7 Å². The quantitative estimate of drug-likeness (QED) is 0.203. The van der Waals surface area contributed by atoms with E-state index in [1.807, 2.05) is 25.3 Å². The van der Waals surface area contributed by atoms with E-state index in [4.69, 9.17) is 30.0 Å². The number of carbonyl (C=O) groups excluding carboxylic acids is 2. The minimum absolute atomic E-state index is 0.0480. The summed E-state index contributed by atoms with van der Waals surface area (Å²) < 4.78 is 35.9. The largest absolute Gasteiger partial charge is 0.697 e. The number of carbonyl (C=O) groups is 2. The Hall–Kier alpha value is -2.22. The van der Waals surface area contributed by atoms with Crippen molar-refractivity contribution in [3.63, 3.8) is 0 Å². The van der Waals surface area contributed by atoms with Crippen LogP contribution in [0.5, 0.6) is 0 Å². The molecule has 1 aliphatic heterocycles. The molecule has 1 aliphatic rings. The Morgan fingerprint density at radius 2 is 2.03 bits per heavy atom. The zero-order valence-corrected chi connectivity index (χ0v) is 23.9. The van der Waals surface area contributed by atoms with Crippen LogP contribution in [0.2, 0.25) is 0 Å². The lowest BCUT2D eigenvalue weighted by Gasteiger charge is -2.23. The van der Waals surface area contributed by atoms with Gasteiger partial charge in [-0.1, -0.05) is 32.5 Å². The smallest absolute Gasteiger partial charge is 0.463 e. The third kappa shape index (κ3) is 7.67. The Bertz CT molecular complexity index is 1150. The van der Waals surface area contributed by atoms with Gasteiger partial charge in [-0.2, -0.15) is 0 Å². The summed E-state index contributed by atoms with van der Waals surface area (Å²) >= 11 is 1.01. The molecular formula is C23H36N6O7PS+. The number of nitrogens with two attached hydrogens (primary N) is 2. The number of imidazole rings is 1. The summed E-state index contributed by atoms with van der Waals surface area (Å²) in [7, 11) is -2.39. The number of hydrogen-bond donors (Lipinski definition) is 2. The van der Waals surface area contributed by atoms with Crippen molar-refractivity contribution >= 4 is 48.1 Å². The Balaban J connectivity index is 1.36. The van der Waals surface area contributed by atoms with Gasteiger partial charge in [0.2, 0.25) is 0 Å². The van der Waals surface area contributed by atoms with E-state index in [0.29, 0.717) is 23.4 Å². The van der Waals surface area contributed by atoms with E-state index in [1.54, 1.807) is 20.2 Å². The van der Waals surface area contributed by atoms with Crippen molar-refractivity contribution in [2.75, 3.05) is 31.3 Å². The molecule has 0 saturated carbocycles. The average molecular weight is 572 g/mol. The first-order valence-corrected chi connectivity index (χ1v) is 14.4. The first-order valence-electron chi connectivity index (χ1n) is 12.3. The fraction of sp³-hybridized carbons (Fsp3) is 0.696. The standard InChI is InChI=1S/C23H36N6O7PS/c1-13(2)16(24)21(30)33-10-23(4,5)22(31)38-7-6-34-37(32)35-9-15-8-14(3)20(36-15)29-12-28-17-18(25)26-11-27-19(17)29/h11-16,20H,6-10,24H2,1-5H3,(H2,25,26,27)/q+1/t14-,15-,16-,20+/m0/s1. The topological polar surface area (TPSA) is 184 Å². The van der Waals surface area contributed by atoms with E-state index in [0.717, 1.165) is 11.8 Å². The average Bonchev–Trinajstić information content (AvgIpc) is 3.46. The van der Waals surface area contributed by atoms with E-state index in [2.05, 4.69) is 15.0 Å². The Morgan fingerprint density at radius 3 is 2.74 bits per heavy atom. The summed E-state index contributed by atoms with van der Waals surface area (Å²) in [5.74, 6) is 0.0966. The molecule has 0 aromatic carbocycles. The minimum Gasteiger partial charge on any atom is -0.463 e. The highest BCUT2D eigenvalue weighted by atomic mass is 32.2. The third-order valence-corrected chi connectivity index (χ3v) is 8.05. The first-order chi connectivity index (χ1) is 17.9. The number of ether oxygens (including phenoxy) is 2. The number of nitrogens with zero attached hydrogens (tertiary/aromatic N) is 4. The van der Waals surface area contributed by atoms with Crippen LogP contribution in [-0.2, 0) is 32.7 Å². The molecule has 15 heteroatoms. The van der Waals surface area contributed by atoms with Crippen molar-refractivity contribution in [2.24, 2.45) is 23.0 Å². The Morgan fingerprint density at radius 1 is 1.29 bits per heavy atom. The maximum absolute atomic E-state index is 12.5. The summed E-state index contributed by atoms with van der Waals surface area (Å²) in [6, 6.07) is -0.735. The number of rotatable bonds is 13. The van der Waals surface area contributed by atoms with Crippen LogP contribution >= 0.6 is 20.0 Å². The van der Waals surface area contributed by atoms with Gasteiger partial charge < -0.3 is 20.9 Å². The number of esters is 1. The lowest BCUT2D eigenvalue weighted by molar-refractivity contribution is -0.150. The number of anilines is 1. The van der Waals surface area contributed by atoms with Gasteiger partial charge in [-0.15, -0.1) is 9.05 Å². The molecule has 0 radical (unpaired) electrons. The van der Waals surface area contributed by atoms with Gasteiger partial charge in [0.1, 0.15) is 43.9 Å². The monoisotopic (exact) mass is 571 g/mol. The van der Waals surface area contributed by atoms with Crippen LogP contribution in [0.25, 0.3) is 11.2 Å². The first kappa shape index (κ1) is 30.3. The third-order valence-electron chi connectivity index (χ3n) is 6.11. The maximum Gasteiger partial charge on any atom is 0.697 e. The van der Waals surface area contributed by atoms with Gasteiger partial charge in [0.25, 0.3) is 0 Å². The summed E-state index contributed by atoms with van der Waals surface area (Å²) in [6.07, 6.45) is 3.06. The van der Waals surface area contributed by atoms with Crippen LogP contribution in [0.1, 0.15) is 47.3 Å². The molecule has 0 spiro atoms. The maximum atomic E-state index is 12.5. The van der Waals surface area contributed by atoms with Gasteiger partial charge in [0.15, 0.2) is 16.6 Å². The molecule has 2 aromatic heterocycles. The normalized spacial score (nSPS) is 21.1. The molecule has 5 atom stereocenters. The molecule has 0 aliphatic carbocycles. The summed E-state index contributed by atoms with van der Waals surface area (Å²) in [5, 5.41) is -0.179. The van der Waals surface area contributed by atoms with Crippen molar-refractivity contribution in [3.8, 4) is 0 Å². The number of thioether (sulfide) groups is 1. The number of nitrogen functional groups attached to an aromatic ring is 1. The number of aromatic nitrogens is 4.